The Kier molecular flexibility index (Phi) is 5.98. The second-order valence-electron chi connectivity index (χ2n) is 4.33. The maximum Gasteiger partial charge on any atom is 0.244 e. The molecule has 0 fully saturated rings. The SMILES string of the molecule is CCC(CC(=O)NO)S(=O)(=O)c1ccc(OC)c(OC)c1. The number of benzene rings is 1. The number of hydrogen-bond acceptors (Lipinski definition) is 6. The molecule has 1 aromatic carbocycles. The summed E-state index contributed by atoms with van der Waals surface area (Å²) >= 11 is 0. The fourth-order valence-electron chi connectivity index (χ4n) is 1.91. The summed E-state index contributed by atoms with van der Waals surface area (Å²) in [6, 6.07) is 4.24. The number of sulfone groups is 1. The minimum atomic E-state index is -3.72. The predicted octanol–water partition coefficient (Wildman–Crippen LogP) is 1.15. The molecule has 7 nitrogen and oxygen atoms in total. The molecule has 21 heavy (non-hydrogen) atoms. The van der Waals surface area contributed by atoms with Gasteiger partial charge in [0, 0.05) is 12.5 Å². The molecule has 1 atom stereocenters. The van der Waals surface area contributed by atoms with Gasteiger partial charge in [0.15, 0.2) is 21.3 Å². The van der Waals surface area contributed by atoms with Crippen molar-refractivity contribution in [2.75, 3.05) is 14.2 Å². The number of amides is 1. The Morgan fingerprint density at radius 3 is 2.38 bits per heavy atom. The number of nitrogens with one attached hydrogen (secondary N) is 1. The summed E-state index contributed by atoms with van der Waals surface area (Å²) in [5.74, 6) is -0.0384. The molecule has 0 saturated heterocycles. The van der Waals surface area contributed by atoms with Crippen molar-refractivity contribution in [3.8, 4) is 11.5 Å². The van der Waals surface area contributed by atoms with Gasteiger partial charge < -0.3 is 9.47 Å². The van der Waals surface area contributed by atoms with Gasteiger partial charge in [-0.2, -0.15) is 0 Å². The van der Waals surface area contributed by atoms with E-state index in [2.05, 4.69) is 0 Å². The van der Waals surface area contributed by atoms with E-state index in [0.717, 1.165) is 0 Å². The molecule has 0 heterocycles. The van der Waals surface area contributed by atoms with Gasteiger partial charge >= 0.3 is 0 Å². The molecule has 0 saturated carbocycles. The monoisotopic (exact) mass is 317 g/mol. The van der Waals surface area contributed by atoms with Crippen LogP contribution in [0, 0.1) is 0 Å². The van der Waals surface area contributed by atoms with E-state index >= 15 is 0 Å². The highest BCUT2D eigenvalue weighted by Crippen LogP contribution is 2.31. The Morgan fingerprint density at radius 1 is 1.29 bits per heavy atom. The van der Waals surface area contributed by atoms with Gasteiger partial charge in [0.05, 0.1) is 24.4 Å². The van der Waals surface area contributed by atoms with Gasteiger partial charge in [-0.1, -0.05) is 6.92 Å². The summed E-state index contributed by atoms with van der Waals surface area (Å²) in [7, 11) is -0.863. The first-order valence-corrected chi connectivity index (χ1v) is 7.84. The molecule has 0 aromatic heterocycles. The normalized spacial score (nSPS) is 12.6. The Balaban J connectivity index is 3.19. The zero-order valence-corrected chi connectivity index (χ0v) is 12.9. The average molecular weight is 317 g/mol. The molecule has 1 amide bonds. The van der Waals surface area contributed by atoms with Crippen LogP contribution in [0.25, 0.3) is 0 Å². The van der Waals surface area contributed by atoms with Crippen LogP contribution in [0.3, 0.4) is 0 Å². The number of rotatable bonds is 7. The summed E-state index contributed by atoms with van der Waals surface area (Å²) in [5.41, 5.74) is 1.45. The molecule has 0 aliphatic rings. The maximum absolute atomic E-state index is 12.5. The van der Waals surface area contributed by atoms with Crippen molar-refractivity contribution >= 4 is 15.7 Å². The Hall–Kier alpha value is -1.80. The first-order valence-electron chi connectivity index (χ1n) is 6.29. The Bertz CT molecular complexity index is 599. The van der Waals surface area contributed by atoms with Crippen molar-refractivity contribution in [2.24, 2.45) is 0 Å². The molecule has 1 rings (SSSR count). The third kappa shape index (κ3) is 3.85. The molecule has 1 aromatic rings. The van der Waals surface area contributed by atoms with E-state index in [0.29, 0.717) is 11.5 Å². The molecule has 0 aliphatic heterocycles. The van der Waals surface area contributed by atoms with Crippen molar-refractivity contribution in [3.63, 3.8) is 0 Å². The highest BCUT2D eigenvalue weighted by Gasteiger charge is 2.29. The van der Waals surface area contributed by atoms with Crippen LogP contribution in [0.5, 0.6) is 11.5 Å². The third-order valence-electron chi connectivity index (χ3n) is 3.12. The van der Waals surface area contributed by atoms with Gasteiger partial charge in [0.2, 0.25) is 5.91 Å². The molecule has 1 unspecified atom stereocenters. The molecule has 8 heteroatoms. The van der Waals surface area contributed by atoms with Gasteiger partial charge in [-0.25, -0.2) is 13.9 Å². The van der Waals surface area contributed by atoms with Gasteiger partial charge in [-0.3, -0.25) is 10.0 Å². The summed E-state index contributed by atoms with van der Waals surface area (Å²) < 4.78 is 35.2. The number of hydroxylamine groups is 1. The van der Waals surface area contributed by atoms with Crippen molar-refractivity contribution in [2.45, 2.75) is 29.9 Å². The smallest absolute Gasteiger partial charge is 0.244 e. The van der Waals surface area contributed by atoms with Crippen LogP contribution in [0.4, 0.5) is 0 Å². The first kappa shape index (κ1) is 17.3. The van der Waals surface area contributed by atoms with E-state index in [9.17, 15) is 13.2 Å². The second-order valence-corrected chi connectivity index (χ2v) is 6.56. The highest BCUT2D eigenvalue weighted by atomic mass is 32.2. The largest absolute Gasteiger partial charge is 0.493 e. The van der Waals surface area contributed by atoms with E-state index in [4.69, 9.17) is 14.7 Å². The van der Waals surface area contributed by atoms with Crippen molar-refractivity contribution in [1.82, 2.24) is 5.48 Å². The Labute approximate surface area is 123 Å². The quantitative estimate of drug-likeness (QED) is 0.578. The van der Waals surface area contributed by atoms with E-state index in [1.54, 1.807) is 6.92 Å². The number of carbonyl (C=O) groups excluding carboxylic acids is 1. The number of hydrogen-bond donors (Lipinski definition) is 2. The Morgan fingerprint density at radius 2 is 1.90 bits per heavy atom. The lowest BCUT2D eigenvalue weighted by Gasteiger charge is -2.16. The van der Waals surface area contributed by atoms with E-state index in [1.807, 2.05) is 0 Å². The molecule has 0 bridgehead atoms. The lowest BCUT2D eigenvalue weighted by molar-refractivity contribution is -0.129. The van der Waals surface area contributed by atoms with Gasteiger partial charge in [0.25, 0.3) is 0 Å². The lowest BCUT2D eigenvalue weighted by Crippen LogP contribution is -2.29. The van der Waals surface area contributed by atoms with Crippen LogP contribution in [-0.2, 0) is 14.6 Å². The molecule has 0 radical (unpaired) electrons. The summed E-state index contributed by atoms with van der Waals surface area (Å²) in [5, 5.41) is 7.61. The molecule has 118 valence electrons. The lowest BCUT2D eigenvalue weighted by atomic mass is 10.2. The topological polar surface area (TPSA) is 102 Å². The van der Waals surface area contributed by atoms with Crippen LogP contribution < -0.4 is 15.0 Å². The molecular formula is C13H19NO6S. The number of ether oxygens (including phenoxy) is 2. The molecule has 2 N–H and O–H groups in total. The van der Waals surface area contributed by atoms with Crippen molar-refractivity contribution < 1.29 is 27.9 Å². The van der Waals surface area contributed by atoms with Gasteiger partial charge in [0.1, 0.15) is 0 Å². The van der Waals surface area contributed by atoms with Crippen molar-refractivity contribution in [1.29, 1.82) is 0 Å². The minimum absolute atomic E-state index is 0.0396. The van der Waals surface area contributed by atoms with E-state index in [-0.39, 0.29) is 17.7 Å². The minimum Gasteiger partial charge on any atom is -0.493 e. The molecular weight excluding hydrogens is 298 g/mol. The van der Waals surface area contributed by atoms with Gasteiger partial charge in [-0.05, 0) is 18.6 Å². The standard InChI is InChI=1S/C13H19NO6S/c1-4-9(8-13(15)14-16)21(17,18)10-5-6-11(19-2)12(7-10)20-3/h5-7,9,16H,4,8H2,1-3H3,(H,14,15). The molecule has 0 aliphatic carbocycles. The zero-order chi connectivity index (χ0) is 16.0. The number of methoxy groups -OCH3 is 2. The van der Waals surface area contributed by atoms with Gasteiger partial charge in [-0.15, -0.1) is 0 Å². The van der Waals surface area contributed by atoms with Crippen LogP contribution in [0.2, 0.25) is 0 Å². The number of carbonyl (C=O) groups is 1. The fraction of sp³-hybridized carbons (Fsp3) is 0.462. The van der Waals surface area contributed by atoms with E-state index in [1.165, 1.54) is 37.9 Å². The zero-order valence-electron chi connectivity index (χ0n) is 12.1. The van der Waals surface area contributed by atoms with E-state index < -0.39 is 21.0 Å². The third-order valence-corrected chi connectivity index (χ3v) is 5.40. The van der Waals surface area contributed by atoms with Crippen LogP contribution in [0.15, 0.2) is 23.1 Å². The summed E-state index contributed by atoms with van der Waals surface area (Å²) in [6.45, 7) is 1.66. The first-order chi connectivity index (χ1) is 9.90. The fourth-order valence-corrected chi connectivity index (χ4v) is 3.64. The predicted molar refractivity (Wildman–Crippen MR) is 75.4 cm³/mol. The summed E-state index contributed by atoms with van der Waals surface area (Å²) in [4.78, 5) is 11.3. The highest BCUT2D eigenvalue weighted by molar-refractivity contribution is 7.92. The second kappa shape index (κ2) is 7.28. The maximum atomic E-state index is 12.5. The van der Waals surface area contributed by atoms with Crippen LogP contribution in [0.1, 0.15) is 19.8 Å². The molecule has 0 spiro atoms. The van der Waals surface area contributed by atoms with Crippen molar-refractivity contribution in [3.05, 3.63) is 18.2 Å². The average Bonchev–Trinajstić information content (AvgIpc) is 2.51. The van der Waals surface area contributed by atoms with Crippen LogP contribution in [-0.4, -0.2) is 39.0 Å². The summed E-state index contributed by atoms with van der Waals surface area (Å²) in [6.07, 6.45) is -0.0756. The van der Waals surface area contributed by atoms with Crippen LogP contribution >= 0.6 is 0 Å².